The molecular weight excluding hydrogens is 326 g/mol. The van der Waals surface area contributed by atoms with Gasteiger partial charge in [0.1, 0.15) is 6.10 Å². The summed E-state index contributed by atoms with van der Waals surface area (Å²) < 4.78 is 71.5. The second-order valence-electron chi connectivity index (χ2n) is 5.46. The van der Waals surface area contributed by atoms with Gasteiger partial charge in [-0.2, -0.15) is 8.78 Å². The molecular formula is C12H17F2O7S-. The third kappa shape index (κ3) is 4.83. The Morgan fingerprint density at radius 3 is 2.36 bits per heavy atom. The van der Waals surface area contributed by atoms with Crippen LogP contribution in [0.4, 0.5) is 8.78 Å². The summed E-state index contributed by atoms with van der Waals surface area (Å²) in [6.45, 7) is -0.543. The lowest BCUT2D eigenvalue weighted by Crippen LogP contribution is -2.36. The van der Waals surface area contributed by atoms with Crippen molar-refractivity contribution in [3.63, 3.8) is 0 Å². The van der Waals surface area contributed by atoms with E-state index < -0.39 is 33.9 Å². The molecule has 1 saturated carbocycles. The van der Waals surface area contributed by atoms with Crippen molar-refractivity contribution in [3.05, 3.63) is 0 Å². The van der Waals surface area contributed by atoms with Crippen molar-refractivity contribution in [1.29, 1.82) is 0 Å². The van der Waals surface area contributed by atoms with Crippen molar-refractivity contribution in [2.75, 3.05) is 19.8 Å². The van der Waals surface area contributed by atoms with Gasteiger partial charge in [0.05, 0.1) is 25.2 Å². The molecule has 0 aromatic heterocycles. The molecule has 1 unspecified atom stereocenters. The third-order valence-electron chi connectivity index (χ3n) is 3.68. The van der Waals surface area contributed by atoms with E-state index in [2.05, 4.69) is 4.74 Å². The molecule has 1 atom stereocenters. The molecule has 2 rings (SSSR count). The summed E-state index contributed by atoms with van der Waals surface area (Å²) in [6, 6.07) is 0. The maximum Gasteiger partial charge on any atom is 0.367 e. The fourth-order valence-electron chi connectivity index (χ4n) is 2.22. The first-order valence-electron chi connectivity index (χ1n) is 6.92. The number of esters is 1. The molecule has 0 aromatic carbocycles. The molecule has 10 heteroatoms. The van der Waals surface area contributed by atoms with E-state index in [1.807, 2.05) is 0 Å². The Bertz CT molecular complexity index is 496. The number of ether oxygens (including phenoxy) is 3. The largest absolute Gasteiger partial charge is 0.743 e. The zero-order chi connectivity index (χ0) is 16.4. The van der Waals surface area contributed by atoms with E-state index in [0.717, 1.165) is 0 Å². The molecule has 0 spiro atoms. The van der Waals surface area contributed by atoms with Gasteiger partial charge in [0, 0.05) is 0 Å². The zero-order valence-corrected chi connectivity index (χ0v) is 12.5. The fraction of sp³-hybridized carbons (Fsp3) is 0.917. The zero-order valence-electron chi connectivity index (χ0n) is 11.7. The molecule has 128 valence electrons. The Kier molecular flexibility index (Phi) is 5.36. The summed E-state index contributed by atoms with van der Waals surface area (Å²) in [5, 5.41) is -4.60. The van der Waals surface area contributed by atoms with Crippen LogP contribution in [0.1, 0.15) is 25.7 Å². The summed E-state index contributed by atoms with van der Waals surface area (Å²) >= 11 is 0. The standard InChI is InChI=1S/C12H18F2O7S/c13-12(14,22(16,17)18)7-21-11(15)8-1-3-9(4-2-8)19-5-10-6-20-10/h8-10H,1-7H2,(H,16,17,18)/p-1. The summed E-state index contributed by atoms with van der Waals surface area (Å²) in [7, 11) is -5.84. The van der Waals surface area contributed by atoms with Crippen LogP contribution in [-0.4, -0.2) is 56.2 Å². The molecule has 0 N–H and O–H groups in total. The molecule has 22 heavy (non-hydrogen) atoms. The first-order valence-corrected chi connectivity index (χ1v) is 8.33. The van der Waals surface area contributed by atoms with Crippen molar-refractivity contribution in [2.45, 2.75) is 43.1 Å². The van der Waals surface area contributed by atoms with Crippen molar-refractivity contribution in [1.82, 2.24) is 0 Å². The van der Waals surface area contributed by atoms with E-state index in [0.29, 0.717) is 38.9 Å². The first kappa shape index (κ1) is 17.5. The lowest BCUT2D eigenvalue weighted by atomic mass is 9.87. The van der Waals surface area contributed by atoms with Gasteiger partial charge in [0.2, 0.25) is 0 Å². The quantitative estimate of drug-likeness (QED) is 0.379. The minimum atomic E-state index is -5.84. The van der Waals surface area contributed by atoms with Gasteiger partial charge in [-0.15, -0.1) is 0 Å². The van der Waals surface area contributed by atoms with E-state index >= 15 is 0 Å². The van der Waals surface area contributed by atoms with Crippen molar-refractivity contribution < 1.29 is 40.8 Å². The highest BCUT2D eigenvalue weighted by Crippen LogP contribution is 2.29. The van der Waals surface area contributed by atoms with Gasteiger partial charge < -0.3 is 18.8 Å². The minimum absolute atomic E-state index is 0.00305. The Balaban J connectivity index is 1.70. The van der Waals surface area contributed by atoms with Gasteiger partial charge in [-0.05, 0) is 25.7 Å². The van der Waals surface area contributed by atoms with Gasteiger partial charge >= 0.3 is 11.2 Å². The van der Waals surface area contributed by atoms with Gasteiger partial charge in [-0.25, -0.2) is 8.42 Å². The van der Waals surface area contributed by atoms with Crippen molar-refractivity contribution in [2.24, 2.45) is 5.92 Å². The molecule has 2 fully saturated rings. The normalized spacial score (nSPS) is 29.1. The number of hydrogen-bond acceptors (Lipinski definition) is 7. The van der Waals surface area contributed by atoms with Gasteiger partial charge in [0.25, 0.3) is 0 Å². The molecule has 0 bridgehead atoms. The molecule has 1 heterocycles. The number of halogens is 2. The van der Waals surface area contributed by atoms with Crippen LogP contribution in [0.25, 0.3) is 0 Å². The average Bonchev–Trinajstić information content (AvgIpc) is 3.26. The summed E-state index contributed by atoms with van der Waals surface area (Å²) in [6.07, 6.45) is 2.14. The number of carbonyl (C=O) groups is 1. The van der Waals surface area contributed by atoms with Crippen LogP contribution >= 0.6 is 0 Å². The lowest BCUT2D eigenvalue weighted by Gasteiger charge is -2.28. The molecule has 0 radical (unpaired) electrons. The molecule has 0 aromatic rings. The Labute approximate surface area is 126 Å². The Morgan fingerprint density at radius 1 is 1.27 bits per heavy atom. The van der Waals surface area contributed by atoms with Crippen LogP contribution in [0.15, 0.2) is 0 Å². The van der Waals surface area contributed by atoms with E-state index in [1.54, 1.807) is 0 Å². The molecule has 1 aliphatic carbocycles. The van der Waals surface area contributed by atoms with Crippen molar-refractivity contribution in [3.8, 4) is 0 Å². The third-order valence-corrected chi connectivity index (χ3v) is 4.53. The van der Waals surface area contributed by atoms with Crippen LogP contribution in [0.5, 0.6) is 0 Å². The number of rotatable bonds is 7. The second kappa shape index (κ2) is 6.73. The molecule has 2 aliphatic rings. The molecule has 0 amide bonds. The maximum atomic E-state index is 12.9. The van der Waals surface area contributed by atoms with E-state index in [9.17, 15) is 26.5 Å². The van der Waals surface area contributed by atoms with Gasteiger partial charge in [-0.3, -0.25) is 4.79 Å². The van der Waals surface area contributed by atoms with Crippen molar-refractivity contribution >= 4 is 16.1 Å². The second-order valence-corrected chi connectivity index (χ2v) is 6.97. The highest BCUT2D eigenvalue weighted by atomic mass is 32.2. The number of epoxide rings is 1. The van der Waals surface area contributed by atoms with E-state index in [-0.39, 0.29) is 12.2 Å². The molecule has 7 nitrogen and oxygen atoms in total. The maximum absolute atomic E-state index is 12.9. The fourth-order valence-corrected chi connectivity index (χ4v) is 2.42. The van der Waals surface area contributed by atoms with E-state index in [1.165, 1.54) is 0 Å². The van der Waals surface area contributed by atoms with E-state index in [4.69, 9.17) is 9.47 Å². The smallest absolute Gasteiger partial charge is 0.367 e. The predicted octanol–water partition coefficient (Wildman–Crippen LogP) is 0.642. The predicted molar refractivity (Wildman–Crippen MR) is 67.0 cm³/mol. The SMILES string of the molecule is O=C(OCC(F)(F)S(=O)(=O)[O-])C1CCC(OCC2CO2)CC1. The Morgan fingerprint density at radius 2 is 1.86 bits per heavy atom. The van der Waals surface area contributed by atoms with Crippen LogP contribution in [-0.2, 0) is 29.1 Å². The summed E-state index contributed by atoms with van der Waals surface area (Å²) in [5.41, 5.74) is 0. The van der Waals surface area contributed by atoms with Crippen LogP contribution < -0.4 is 0 Å². The van der Waals surface area contributed by atoms with Crippen LogP contribution in [0.3, 0.4) is 0 Å². The molecule has 1 aliphatic heterocycles. The van der Waals surface area contributed by atoms with Gasteiger partial charge in [-0.1, -0.05) is 0 Å². The van der Waals surface area contributed by atoms with Crippen LogP contribution in [0, 0.1) is 5.92 Å². The molecule has 1 saturated heterocycles. The first-order chi connectivity index (χ1) is 10.2. The van der Waals surface area contributed by atoms with Crippen LogP contribution in [0.2, 0.25) is 0 Å². The van der Waals surface area contributed by atoms with Gasteiger partial charge in [0.15, 0.2) is 16.7 Å². The monoisotopic (exact) mass is 343 g/mol. The number of alkyl halides is 2. The summed E-state index contributed by atoms with van der Waals surface area (Å²) in [5.74, 6) is -1.49. The highest BCUT2D eigenvalue weighted by Gasteiger charge is 2.40. The highest BCUT2D eigenvalue weighted by molar-refractivity contribution is 7.86. The minimum Gasteiger partial charge on any atom is -0.743 e. The number of carbonyl (C=O) groups excluding carboxylic acids is 1. The number of hydrogen-bond donors (Lipinski definition) is 0. The Hall–Kier alpha value is -0.840. The lowest BCUT2D eigenvalue weighted by molar-refractivity contribution is -0.156. The topological polar surface area (TPSA) is 105 Å². The average molecular weight is 343 g/mol. The summed E-state index contributed by atoms with van der Waals surface area (Å²) in [4.78, 5) is 11.6.